The van der Waals surface area contributed by atoms with E-state index >= 15 is 0 Å². The number of benzene rings is 1. The molecule has 1 aromatic heterocycles. The minimum Gasteiger partial charge on any atom is -0.508 e. The Morgan fingerprint density at radius 3 is 2.92 bits per heavy atom. The molecule has 0 spiro atoms. The molecule has 0 fully saturated rings. The molecule has 0 saturated heterocycles. The average Bonchev–Trinajstić information content (AvgIpc) is 2.46. The highest BCUT2D eigenvalue weighted by molar-refractivity contribution is 7.17. The summed E-state index contributed by atoms with van der Waals surface area (Å²) in [5, 5.41) is 21.1. The van der Waals surface area contributed by atoms with Gasteiger partial charge in [-0.15, -0.1) is 11.3 Å². The van der Waals surface area contributed by atoms with Crippen LogP contribution in [0.4, 0.5) is 0 Å². The lowest BCUT2D eigenvalue weighted by Gasteiger charge is -1.96. The molecule has 2 aromatic rings. The zero-order valence-corrected chi connectivity index (χ0v) is 7.85. The Balaban J connectivity index is 2.95. The van der Waals surface area contributed by atoms with Crippen LogP contribution in [0.25, 0.3) is 10.1 Å². The summed E-state index contributed by atoms with van der Waals surface area (Å²) in [5.41, 5.74) is 1.64. The Hall–Kier alpha value is -1.53. The van der Waals surface area contributed by atoms with Gasteiger partial charge in [-0.05, 0) is 30.0 Å². The minimum atomic E-state index is 0.158. The highest BCUT2D eigenvalue weighted by atomic mass is 32.1. The smallest absolute Gasteiger partial charge is 0.118 e. The number of hydrogen-bond donors (Lipinski definition) is 1. The summed E-state index contributed by atoms with van der Waals surface area (Å²) in [4.78, 5) is 0. The molecule has 0 amide bonds. The van der Waals surface area contributed by atoms with Crippen LogP contribution in [0.1, 0.15) is 11.1 Å². The van der Waals surface area contributed by atoms with E-state index in [1.54, 1.807) is 17.4 Å². The maximum Gasteiger partial charge on any atom is 0.118 e. The molecule has 3 heteroatoms. The van der Waals surface area contributed by atoms with E-state index in [4.69, 9.17) is 5.26 Å². The molecule has 1 N–H and O–H groups in total. The third-order valence-electron chi connectivity index (χ3n) is 1.96. The Bertz CT molecular complexity index is 507. The molecule has 2 rings (SSSR count). The fourth-order valence-corrected chi connectivity index (χ4v) is 2.40. The van der Waals surface area contributed by atoms with E-state index in [1.165, 1.54) is 6.07 Å². The summed E-state index contributed by atoms with van der Waals surface area (Å²) in [7, 11) is 0. The molecule has 64 valence electrons. The van der Waals surface area contributed by atoms with Gasteiger partial charge >= 0.3 is 0 Å². The summed E-state index contributed by atoms with van der Waals surface area (Å²) < 4.78 is 0.967. The summed E-state index contributed by atoms with van der Waals surface area (Å²) in [5.74, 6) is 0.158. The predicted molar refractivity (Wildman–Crippen MR) is 52.9 cm³/mol. The van der Waals surface area contributed by atoms with E-state index in [-0.39, 0.29) is 5.75 Å². The summed E-state index contributed by atoms with van der Waals surface area (Å²) >= 11 is 1.55. The molecule has 13 heavy (non-hydrogen) atoms. The quantitative estimate of drug-likeness (QED) is 0.692. The number of rotatable bonds is 0. The summed E-state index contributed by atoms with van der Waals surface area (Å²) in [6.07, 6.45) is 0. The molecule has 0 aliphatic rings. The van der Waals surface area contributed by atoms with Crippen LogP contribution in [0, 0.1) is 18.3 Å². The summed E-state index contributed by atoms with van der Waals surface area (Å²) in [6, 6.07) is 5.27. The molecular formula is C10H7NOS. The number of thiophene rings is 1. The molecular weight excluding hydrogens is 182 g/mol. The van der Waals surface area contributed by atoms with Crippen molar-refractivity contribution >= 4 is 21.4 Å². The first-order valence-corrected chi connectivity index (χ1v) is 4.71. The predicted octanol–water partition coefficient (Wildman–Crippen LogP) is 2.79. The number of hydrogen-bond acceptors (Lipinski definition) is 3. The average molecular weight is 189 g/mol. The van der Waals surface area contributed by atoms with Gasteiger partial charge in [-0.2, -0.15) is 5.26 Å². The number of fused-ring (bicyclic) bond motifs is 1. The summed E-state index contributed by atoms with van der Waals surface area (Å²) in [6.45, 7) is 1.97. The SMILES string of the molecule is Cc1csc2cc(O)cc(C#N)c12. The number of aromatic hydroxyl groups is 1. The lowest BCUT2D eigenvalue weighted by molar-refractivity contribution is 0.476. The zero-order chi connectivity index (χ0) is 9.42. The molecule has 0 saturated carbocycles. The minimum absolute atomic E-state index is 0.158. The van der Waals surface area contributed by atoms with Crippen LogP contribution < -0.4 is 0 Å². The first-order chi connectivity index (χ1) is 6.22. The van der Waals surface area contributed by atoms with Crippen molar-refractivity contribution < 1.29 is 5.11 Å². The first kappa shape index (κ1) is 8.09. The second-order valence-electron chi connectivity index (χ2n) is 2.90. The van der Waals surface area contributed by atoms with Gasteiger partial charge in [0.1, 0.15) is 5.75 Å². The van der Waals surface area contributed by atoms with E-state index < -0.39 is 0 Å². The Morgan fingerprint density at radius 1 is 1.46 bits per heavy atom. The normalized spacial score (nSPS) is 10.2. The third-order valence-corrected chi connectivity index (χ3v) is 3.01. The van der Waals surface area contributed by atoms with Gasteiger partial charge in [0.25, 0.3) is 0 Å². The topological polar surface area (TPSA) is 44.0 Å². The monoisotopic (exact) mass is 189 g/mol. The van der Waals surface area contributed by atoms with Crippen LogP contribution in [0.5, 0.6) is 5.75 Å². The largest absolute Gasteiger partial charge is 0.508 e. The molecule has 0 unspecified atom stereocenters. The number of phenols is 1. The van der Waals surface area contributed by atoms with Crippen molar-refractivity contribution in [3.63, 3.8) is 0 Å². The van der Waals surface area contributed by atoms with Gasteiger partial charge in [0.05, 0.1) is 11.6 Å². The van der Waals surface area contributed by atoms with E-state index in [9.17, 15) is 5.11 Å². The van der Waals surface area contributed by atoms with E-state index in [0.717, 1.165) is 15.6 Å². The Kier molecular flexibility index (Phi) is 1.71. The van der Waals surface area contributed by atoms with Gasteiger partial charge in [-0.25, -0.2) is 0 Å². The molecule has 0 bridgehead atoms. The van der Waals surface area contributed by atoms with Crippen molar-refractivity contribution in [2.24, 2.45) is 0 Å². The fourth-order valence-electron chi connectivity index (χ4n) is 1.40. The third kappa shape index (κ3) is 1.16. The van der Waals surface area contributed by atoms with Crippen molar-refractivity contribution in [1.29, 1.82) is 5.26 Å². The molecule has 1 aromatic carbocycles. The van der Waals surface area contributed by atoms with Gasteiger partial charge in [0.15, 0.2) is 0 Å². The second kappa shape index (κ2) is 2.75. The Morgan fingerprint density at radius 2 is 2.23 bits per heavy atom. The Labute approximate surface area is 79.7 Å². The van der Waals surface area contributed by atoms with E-state index in [2.05, 4.69) is 6.07 Å². The van der Waals surface area contributed by atoms with Gasteiger partial charge in [0.2, 0.25) is 0 Å². The van der Waals surface area contributed by atoms with E-state index in [0.29, 0.717) is 5.56 Å². The van der Waals surface area contributed by atoms with Crippen molar-refractivity contribution in [2.45, 2.75) is 6.92 Å². The van der Waals surface area contributed by atoms with Crippen molar-refractivity contribution in [1.82, 2.24) is 0 Å². The van der Waals surface area contributed by atoms with Crippen molar-refractivity contribution in [3.05, 3.63) is 28.6 Å². The van der Waals surface area contributed by atoms with Crippen LogP contribution in [0.3, 0.4) is 0 Å². The molecule has 0 aliphatic heterocycles. The highest BCUT2D eigenvalue weighted by Crippen LogP contribution is 2.31. The zero-order valence-electron chi connectivity index (χ0n) is 7.03. The maximum atomic E-state index is 9.31. The molecule has 1 heterocycles. The number of nitrogens with zero attached hydrogens (tertiary/aromatic N) is 1. The van der Waals surface area contributed by atoms with Crippen LogP contribution >= 0.6 is 11.3 Å². The lowest BCUT2D eigenvalue weighted by Crippen LogP contribution is -1.77. The van der Waals surface area contributed by atoms with Crippen LogP contribution in [0.2, 0.25) is 0 Å². The molecule has 0 aliphatic carbocycles. The molecule has 2 nitrogen and oxygen atoms in total. The highest BCUT2D eigenvalue weighted by Gasteiger charge is 2.07. The number of aryl methyl sites for hydroxylation is 1. The number of nitriles is 1. The van der Waals surface area contributed by atoms with Gasteiger partial charge in [-0.3, -0.25) is 0 Å². The molecule has 0 atom stereocenters. The second-order valence-corrected chi connectivity index (χ2v) is 3.81. The maximum absolute atomic E-state index is 9.31. The van der Waals surface area contributed by atoms with Gasteiger partial charge in [-0.1, -0.05) is 0 Å². The number of phenolic OH excluding ortho intramolecular Hbond substituents is 1. The van der Waals surface area contributed by atoms with Crippen molar-refractivity contribution in [2.75, 3.05) is 0 Å². The standard InChI is InChI=1S/C10H7NOS/c1-6-5-13-9-3-8(12)2-7(4-11)10(6)9/h2-3,5,12H,1H3. The van der Waals surface area contributed by atoms with Gasteiger partial charge < -0.3 is 5.11 Å². The van der Waals surface area contributed by atoms with E-state index in [1.807, 2.05) is 12.3 Å². The van der Waals surface area contributed by atoms with Crippen LogP contribution in [-0.2, 0) is 0 Å². The van der Waals surface area contributed by atoms with Crippen LogP contribution in [-0.4, -0.2) is 5.11 Å². The van der Waals surface area contributed by atoms with Crippen molar-refractivity contribution in [3.8, 4) is 11.8 Å². The first-order valence-electron chi connectivity index (χ1n) is 3.83. The van der Waals surface area contributed by atoms with Gasteiger partial charge in [0, 0.05) is 10.1 Å². The fraction of sp³-hybridized carbons (Fsp3) is 0.100. The lowest BCUT2D eigenvalue weighted by atomic mass is 10.1. The molecule has 0 radical (unpaired) electrons. The van der Waals surface area contributed by atoms with Crippen LogP contribution in [0.15, 0.2) is 17.5 Å².